The van der Waals surface area contributed by atoms with Crippen molar-refractivity contribution in [2.75, 3.05) is 6.61 Å². The smallest absolute Gasteiger partial charge is 0.333 e. The first-order valence-corrected chi connectivity index (χ1v) is 7.47. The highest BCUT2D eigenvalue weighted by Gasteiger charge is 2.37. The highest BCUT2D eigenvalue weighted by molar-refractivity contribution is 5.86. The van der Waals surface area contributed by atoms with Gasteiger partial charge in [-0.2, -0.15) is 0 Å². The number of hydrogen-bond acceptors (Lipinski definition) is 6. The average molecular weight is 314 g/mol. The first kappa shape index (κ1) is 18.6. The number of rotatable bonds is 6. The van der Waals surface area contributed by atoms with Crippen LogP contribution in [0.4, 0.5) is 0 Å². The Labute approximate surface area is 131 Å². The van der Waals surface area contributed by atoms with Crippen LogP contribution in [0.5, 0.6) is 0 Å². The van der Waals surface area contributed by atoms with Gasteiger partial charge in [-0.05, 0) is 34.6 Å². The molecule has 126 valence electrons. The van der Waals surface area contributed by atoms with Gasteiger partial charge in [0.1, 0.15) is 6.61 Å². The Kier molecular flexibility index (Phi) is 6.56. The molecule has 0 aromatic rings. The van der Waals surface area contributed by atoms with Crippen LogP contribution >= 0.6 is 0 Å². The molecule has 1 aliphatic heterocycles. The maximum Gasteiger partial charge on any atom is 0.333 e. The van der Waals surface area contributed by atoms with Crippen molar-refractivity contribution in [1.29, 1.82) is 0 Å². The molecule has 0 aromatic heterocycles. The maximum atomic E-state index is 11.8. The zero-order valence-corrected chi connectivity index (χ0v) is 14.0. The third-order valence-electron chi connectivity index (χ3n) is 2.94. The first-order chi connectivity index (χ1) is 10.1. The molecule has 0 spiro atoms. The minimum Gasteiger partial charge on any atom is -0.463 e. The summed E-state index contributed by atoms with van der Waals surface area (Å²) in [6.45, 7) is 12.3. The molecule has 0 aromatic carbocycles. The number of ether oxygens (including phenoxy) is 4. The second kappa shape index (κ2) is 7.74. The minimum atomic E-state index is -0.846. The van der Waals surface area contributed by atoms with Crippen LogP contribution in [0.25, 0.3) is 0 Å². The zero-order valence-electron chi connectivity index (χ0n) is 14.0. The molecular formula is C16H26O6. The molecule has 0 aliphatic carbocycles. The number of carbonyl (C=O) groups excluding carboxylic acids is 2. The molecule has 1 heterocycles. The van der Waals surface area contributed by atoms with Crippen molar-refractivity contribution in [1.82, 2.24) is 0 Å². The molecule has 0 saturated carbocycles. The van der Waals surface area contributed by atoms with Crippen LogP contribution in [0, 0.1) is 0 Å². The normalized spacial score (nSPS) is 23.9. The van der Waals surface area contributed by atoms with Gasteiger partial charge in [0.25, 0.3) is 0 Å². The van der Waals surface area contributed by atoms with E-state index in [-0.39, 0.29) is 37.3 Å². The van der Waals surface area contributed by atoms with Crippen molar-refractivity contribution < 1.29 is 28.5 Å². The summed E-state index contributed by atoms with van der Waals surface area (Å²) in [5, 5.41) is 0. The molecule has 1 aliphatic rings. The summed E-state index contributed by atoms with van der Waals surface area (Å²) in [5.74, 6) is -1.61. The van der Waals surface area contributed by atoms with E-state index < -0.39 is 11.8 Å². The molecule has 0 bridgehead atoms. The topological polar surface area (TPSA) is 71.1 Å². The fraction of sp³-hybridized carbons (Fsp3) is 0.750. The Morgan fingerprint density at radius 2 is 1.86 bits per heavy atom. The van der Waals surface area contributed by atoms with Crippen LogP contribution in [0.2, 0.25) is 0 Å². The lowest BCUT2D eigenvalue weighted by atomic mass is 10.1. The highest BCUT2D eigenvalue weighted by atomic mass is 16.7. The molecule has 1 fully saturated rings. The fourth-order valence-corrected chi connectivity index (χ4v) is 2.24. The van der Waals surface area contributed by atoms with Crippen molar-refractivity contribution in [2.45, 2.75) is 71.6 Å². The standard InChI is InChI=1S/C16H26O6/c1-10(2)15(18)19-9-13-7-12(21-16(5,6)22-13)8-14(17)20-11(3)4/h11-13H,1,7-9H2,2-6H3. The second-order valence-electron chi connectivity index (χ2n) is 6.24. The summed E-state index contributed by atoms with van der Waals surface area (Å²) in [4.78, 5) is 23.2. The van der Waals surface area contributed by atoms with Crippen LogP contribution in [0.3, 0.4) is 0 Å². The monoisotopic (exact) mass is 314 g/mol. The van der Waals surface area contributed by atoms with E-state index in [9.17, 15) is 9.59 Å². The quantitative estimate of drug-likeness (QED) is 0.553. The maximum absolute atomic E-state index is 11.8. The predicted molar refractivity (Wildman–Crippen MR) is 80.1 cm³/mol. The zero-order chi connectivity index (χ0) is 16.9. The first-order valence-electron chi connectivity index (χ1n) is 7.47. The SMILES string of the molecule is C=C(C)C(=O)OCC1CC(CC(=O)OC(C)C)OC(C)(C)O1. The van der Waals surface area contributed by atoms with Crippen molar-refractivity contribution in [2.24, 2.45) is 0 Å². The van der Waals surface area contributed by atoms with Gasteiger partial charge in [0.05, 0.1) is 24.7 Å². The van der Waals surface area contributed by atoms with Gasteiger partial charge >= 0.3 is 11.9 Å². The van der Waals surface area contributed by atoms with Gasteiger partial charge in [0.2, 0.25) is 0 Å². The van der Waals surface area contributed by atoms with Gasteiger partial charge in [-0.15, -0.1) is 0 Å². The molecular weight excluding hydrogens is 288 g/mol. The molecule has 1 saturated heterocycles. The van der Waals surface area contributed by atoms with Gasteiger partial charge in [-0.25, -0.2) is 4.79 Å². The van der Waals surface area contributed by atoms with E-state index >= 15 is 0 Å². The predicted octanol–water partition coefficient (Wildman–Crippen LogP) is 2.36. The Morgan fingerprint density at radius 1 is 1.27 bits per heavy atom. The van der Waals surface area contributed by atoms with E-state index in [0.717, 1.165) is 0 Å². The van der Waals surface area contributed by atoms with E-state index in [4.69, 9.17) is 18.9 Å². The van der Waals surface area contributed by atoms with E-state index in [1.54, 1.807) is 34.6 Å². The van der Waals surface area contributed by atoms with Gasteiger partial charge in [-0.3, -0.25) is 4.79 Å². The lowest BCUT2D eigenvalue weighted by Gasteiger charge is -2.40. The second-order valence-corrected chi connectivity index (χ2v) is 6.24. The van der Waals surface area contributed by atoms with E-state index in [0.29, 0.717) is 12.0 Å². The lowest BCUT2D eigenvalue weighted by molar-refractivity contribution is -0.304. The van der Waals surface area contributed by atoms with Crippen molar-refractivity contribution >= 4 is 11.9 Å². The largest absolute Gasteiger partial charge is 0.463 e. The molecule has 0 amide bonds. The molecule has 1 rings (SSSR count). The van der Waals surface area contributed by atoms with Crippen molar-refractivity contribution in [3.05, 3.63) is 12.2 Å². The third kappa shape index (κ3) is 6.58. The van der Waals surface area contributed by atoms with Gasteiger partial charge in [0, 0.05) is 12.0 Å². The van der Waals surface area contributed by atoms with Crippen LogP contribution in [-0.4, -0.2) is 42.6 Å². The summed E-state index contributed by atoms with van der Waals surface area (Å²) in [6, 6.07) is 0. The highest BCUT2D eigenvalue weighted by Crippen LogP contribution is 2.28. The Bertz CT molecular complexity index is 426. The van der Waals surface area contributed by atoms with Crippen molar-refractivity contribution in [3.63, 3.8) is 0 Å². The minimum absolute atomic E-state index is 0.105. The van der Waals surface area contributed by atoms with E-state index in [2.05, 4.69) is 6.58 Å². The van der Waals surface area contributed by atoms with E-state index in [1.165, 1.54) is 0 Å². The summed E-state index contributed by atoms with van der Waals surface area (Å²) in [5.41, 5.74) is 0.336. The molecule has 0 radical (unpaired) electrons. The van der Waals surface area contributed by atoms with Crippen molar-refractivity contribution in [3.8, 4) is 0 Å². The summed E-state index contributed by atoms with van der Waals surface area (Å²) < 4.78 is 21.7. The van der Waals surface area contributed by atoms with Gasteiger partial charge < -0.3 is 18.9 Å². The van der Waals surface area contributed by atoms with Crippen LogP contribution in [-0.2, 0) is 28.5 Å². The molecule has 0 N–H and O–H groups in total. The Morgan fingerprint density at radius 3 is 2.41 bits per heavy atom. The Hall–Kier alpha value is -1.40. The lowest BCUT2D eigenvalue weighted by Crippen LogP contribution is -2.47. The van der Waals surface area contributed by atoms with E-state index in [1.807, 2.05) is 0 Å². The molecule has 2 unspecified atom stereocenters. The molecule has 6 nitrogen and oxygen atoms in total. The van der Waals surface area contributed by atoms with Crippen LogP contribution < -0.4 is 0 Å². The fourth-order valence-electron chi connectivity index (χ4n) is 2.24. The van der Waals surface area contributed by atoms with Crippen LogP contribution in [0.1, 0.15) is 47.5 Å². The number of esters is 2. The molecule has 6 heteroatoms. The summed E-state index contributed by atoms with van der Waals surface area (Å²) in [7, 11) is 0. The third-order valence-corrected chi connectivity index (χ3v) is 2.94. The number of hydrogen-bond donors (Lipinski definition) is 0. The average Bonchev–Trinajstić information content (AvgIpc) is 2.32. The van der Waals surface area contributed by atoms with Gasteiger partial charge in [-0.1, -0.05) is 6.58 Å². The summed E-state index contributed by atoms with van der Waals surface area (Å²) >= 11 is 0. The number of carbonyl (C=O) groups is 2. The van der Waals surface area contributed by atoms with Crippen LogP contribution in [0.15, 0.2) is 12.2 Å². The Balaban J connectivity index is 2.56. The van der Waals surface area contributed by atoms with Gasteiger partial charge in [0.15, 0.2) is 5.79 Å². The molecule has 2 atom stereocenters. The molecule has 22 heavy (non-hydrogen) atoms. The summed E-state index contributed by atoms with van der Waals surface area (Å²) in [6.07, 6.45) is -0.212.